The average Bonchev–Trinajstić information content (AvgIpc) is 3.57. The van der Waals surface area contributed by atoms with Gasteiger partial charge in [0.1, 0.15) is 5.76 Å². The van der Waals surface area contributed by atoms with Gasteiger partial charge >= 0.3 is 0 Å². The van der Waals surface area contributed by atoms with Gasteiger partial charge in [0.2, 0.25) is 10.0 Å². The standard InChI is InChI=1S/C24H28N2O5S/c1-25-22-11-10-20(14-21(22)23(24(25)27)17-6-2-3-7-17)32(28,29)26(15-18-8-4-12-30-18)16-19-9-5-13-31-19/h4,8,10-12,14,19H,2-3,5-7,9,13,15-16H2,1H3/t19-/m0/s1. The van der Waals surface area contributed by atoms with Crippen molar-refractivity contribution in [3.63, 3.8) is 0 Å². The van der Waals surface area contributed by atoms with Crippen molar-refractivity contribution in [3.8, 4) is 0 Å². The molecule has 0 spiro atoms. The fourth-order valence-corrected chi connectivity index (χ4v) is 6.41. The van der Waals surface area contributed by atoms with E-state index in [1.807, 2.05) is 0 Å². The van der Waals surface area contributed by atoms with Crippen LogP contribution in [0, 0.1) is 0 Å². The zero-order chi connectivity index (χ0) is 22.3. The van der Waals surface area contributed by atoms with E-state index in [0.29, 0.717) is 17.9 Å². The maximum Gasteiger partial charge on any atom is 0.258 e. The number of hydrogen-bond donors (Lipinski definition) is 0. The third-order valence-corrected chi connectivity index (χ3v) is 8.47. The molecule has 1 aromatic carbocycles. The van der Waals surface area contributed by atoms with Gasteiger partial charge in [0.25, 0.3) is 5.91 Å². The fourth-order valence-electron chi connectivity index (χ4n) is 4.94. The Morgan fingerprint density at radius 1 is 1.16 bits per heavy atom. The second-order valence-electron chi connectivity index (χ2n) is 8.74. The molecule has 0 unspecified atom stereocenters. The summed E-state index contributed by atoms with van der Waals surface area (Å²) in [5.74, 6) is 0.537. The summed E-state index contributed by atoms with van der Waals surface area (Å²) in [6.45, 7) is 1.06. The molecule has 0 bridgehead atoms. The topological polar surface area (TPSA) is 80.1 Å². The molecule has 1 aromatic heterocycles. The largest absolute Gasteiger partial charge is 0.468 e. The van der Waals surface area contributed by atoms with E-state index in [0.717, 1.165) is 55.3 Å². The second-order valence-corrected chi connectivity index (χ2v) is 10.7. The van der Waals surface area contributed by atoms with Crippen LogP contribution in [-0.4, -0.2) is 44.9 Å². The van der Waals surface area contributed by atoms with E-state index >= 15 is 0 Å². The fraction of sp³-hybridized carbons (Fsp3) is 0.458. The number of hydrogen-bond acceptors (Lipinski definition) is 5. The van der Waals surface area contributed by atoms with Crippen molar-refractivity contribution in [2.45, 2.75) is 56.1 Å². The number of furan rings is 1. The molecule has 1 amide bonds. The highest BCUT2D eigenvalue weighted by molar-refractivity contribution is 7.89. The van der Waals surface area contributed by atoms with E-state index in [1.54, 1.807) is 48.5 Å². The second kappa shape index (κ2) is 8.50. The quantitative estimate of drug-likeness (QED) is 0.615. The van der Waals surface area contributed by atoms with Gasteiger partial charge in [-0.05, 0) is 68.9 Å². The van der Waals surface area contributed by atoms with Gasteiger partial charge in [0.05, 0.1) is 29.5 Å². The van der Waals surface area contributed by atoms with Gasteiger partial charge in [-0.1, -0.05) is 5.57 Å². The number of nitrogens with zero attached hydrogens (tertiary/aromatic N) is 2. The third kappa shape index (κ3) is 3.80. The van der Waals surface area contributed by atoms with Gasteiger partial charge in [0, 0.05) is 31.3 Å². The first-order valence-electron chi connectivity index (χ1n) is 11.2. The van der Waals surface area contributed by atoms with E-state index in [1.165, 1.54) is 4.31 Å². The van der Waals surface area contributed by atoms with E-state index in [-0.39, 0.29) is 30.0 Å². The normalized spacial score (nSPS) is 21.2. The number of carbonyl (C=O) groups excluding carboxylic acids is 1. The Balaban J connectivity index is 1.53. The molecule has 32 heavy (non-hydrogen) atoms. The zero-order valence-electron chi connectivity index (χ0n) is 18.2. The van der Waals surface area contributed by atoms with Crippen LogP contribution in [0.25, 0.3) is 5.57 Å². The molecule has 2 fully saturated rings. The van der Waals surface area contributed by atoms with E-state index in [2.05, 4.69) is 0 Å². The Bertz CT molecular complexity index is 1140. The first kappa shape index (κ1) is 21.4. The number of ether oxygens (including phenoxy) is 1. The lowest BCUT2D eigenvalue weighted by atomic mass is 10.00. The molecule has 1 atom stereocenters. The molecule has 8 heteroatoms. The highest BCUT2D eigenvalue weighted by Gasteiger charge is 2.36. The van der Waals surface area contributed by atoms with Crippen molar-refractivity contribution in [3.05, 3.63) is 53.5 Å². The Kier molecular flexibility index (Phi) is 5.69. The number of benzene rings is 1. The number of amides is 1. The lowest BCUT2D eigenvalue weighted by molar-refractivity contribution is -0.112. The van der Waals surface area contributed by atoms with E-state index < -0.39 is 10.0 Å². The molecule has 2 aromatic rings. The Hall–Kier alpha value is -2.42. The van der Waals surface area contributed by atoms with Crippen LogP contribution in [0.5, 0.6) is 0 Å². The van der Waals surface area contributed by atoms with Gasteiger partial charge in [-0.25, -0.2) is 8.42 Å². The SMILES string of the molecule is CN1C(=O)C(=C2CCCC2)c2cc(S(=O)(=O)N(Cc3ccco3)C[C@@H]3CCCO3)ccc21. The molecule has 3 heterocycles. The first-order chi connectivity index (χ1) is 15.4. The average molecular weight is 457 g/mol. The Labute approximate surface area is 188 Å². The maximum atomic E-state index is 13.8. The van der Waals surface area contributed by atoms with Crippen LogP contribution >= 0.6 is 0 Å². The number of carbonyl (C=O) groups is 1. The summed E-state index contributed by atoms with van der Waals surface area (Å²) in [5, 5.41) is 0. The highest BCUT2D eigenvalue weighted by atomic mass is 32.2. The molecule has 1 saturated heterocycles. The molecular formula is C24H28N2O5S. The van der Waals surface area contributed by atoms with E-state index in [9.17, 15) is 13.2 Å². The lowest BCUT2D eigenvalue weighted by Gasteiger charge is -2.24. The Morgan fingerprint density at radius 2 is 1.97 bits per heavy atom. The smallest absolute Gasteiger partial charge is 0.258 e. The van der Waals surface area contributed by atoms with Crippen molar-refractivity contribution in [1.82, 2.24) is 4.31 Å². The molecule has 2 aliphatic heterocycles. The van der Waals surface area contributed by atoms with Gasteiger partial charge < -0.3 is 14.1 Å². The molecule has 1 aliphatic carbocycles. The minimum Gasteiger partial charge on any atom is -0.468 e. The molecular weight excluding hydrogens is 428 g/mol. The zero-order valence-corrected chi connectivity index (χ0v) is 19.1. The summed E-state index contributed by atoms with van der Waals surface area (Å²) in [7, 11) is -2.08. The van der Waals surface area contributed by atoms with Crippen LogP contribution in [0.4, 0.5) is 5.69 Å². The van der Waals surface area contributed by atoms with Crippen LogP contribution in [0.15, 0.2) is 51.5 Å². The third-order valence-electron chi connectivity index (χ3n) is 6.66. The molecule has 1 saturated carbocycles. The number of fused-ring (bicyclic) bond motifs is 1. The van der Waals surface area contributed by atoms with Crippen LogP contribution in [0.3, 0.4) is 0 Å². The summed E-state index contributed by atoms with van der Waals surface area (Å²) in [6.07, 6.45) is 7.13. The van der Waals surface area contributed by atoms with Crippen LogP contribution in [-0.2, 0) is 26.1 Å². The minimum atomic E-state index is -3.83. The number of sulfonamides is 1. The molecule has 7 nitrogen and oxygen atoms in total. The number of anilines is 1. The summed E-state index contributed by atoms with van der Waals surface area (Å²) in [4.78, 5) is 14.8. The van der Waals surface area contributed by atoms with Crippen LogP contribution in [0.2, 0.25) is 0 Å². The number of rotatable bonds is 6. The summed E-state index contributed by atoms with van der Waals surface area (Å²) in [6, 6.07) is 8.56. The van der Waals surface area contributed by atoms with Gasteiger partial charge in [-0.2, -0.15) is 4.31 Å². The highest BCUT2D eigenvalue weighted by Crippen LogP contribution is 2.43. The molecule has 5 rings (SSSR count). The monoisotopic (exact) mass is 456 g/mol. The van der Waals surface area contributed by atoms with Crippen molar-refractivity contribution < 1.29 is 22.4 Å². The van der Waals surface area contributed by atoms with Crippen molar-refractivity contribution in [2.24, 2.45) is 0 Å². The van der Waals surface area contributed by atoms with Crippen molar-refractivity contribution in [2.75, 3.05) is 25.1 Å². The molecule has 3 aliphatic rings. The predicted molar refractivity (Wildman–Crippen MR) is 121 cm³/mol. The molecule has 0 radical (unpaired) electrons. The van der Waals surface area contributed by atoms with E-state index in [4.69, 9.17) is 9.15 Å². The summed E-state index contributed by atoms with van der Waals surface area (Å²) in [5.41, 5.74) is 3.32. The summed E-state index contributed by atoms with van der Waals surface area (Å²) >= 11 is 0. The predicted octanol–water partition coefficient (Wildman–Crippen LogP) is 3.95. The maximum absolute atomic E-state index is 13.8. The summed E-state index contributed by atoms with van der Waals surface area (Å²) < 4.78 is 40.1. The minimum absolute atomic E-state index is 0.0433. The van der Waals surface area contributed by atoms with Crippen molar-refractivity contribution >= 4 is 27.2 Å². The van der Waals surface area contributed by atoms with Crippen LogP contribution in [0.1, 0.15) is 49.8 Å². The molecule has 170 valence electrons. The van der Waals surface area contributed by atoms with Crippen LogP contribution < -0.4 is 4.90 Å². The van der Waals surface area contributed by atoms with Gasteiger partial charge in [0.15, 0.2) is 0 Å². The number of likely N-dealkylation sites (N-methyl/N-ethyl adjacent to an activating group) is 1. The molecule has 0 N–H and O–H groups in total. The Morgan fingerprint density at radius 3 is 2.66 bits per heavy atom. The van der Waals surface area contributed by atoms with Gasteiger partial charge in [-0.15, -0.1) is 0 Å². The first-order valence-corrected chi connectivity index (χ1v) is 12.7. The lowest BCUT2D eigenvalue weighted by Crippen LogP contribution is -2.36. The van der Waals surface area contributed by atoms with Crippen molar-refractivity contribution in [1.29, 1.82) is 0 Å². The van der Waals surface area contributed by atoms with Gasteiger partial charge in [-0.3, -0.25) is 4.79 Å². The number of allylic oxidation sites excluding steroid dienone is 1.